The van der Waals surface area contributed by atoms with E-state index in [0.29, 0.717) is 18.8 Å². The lowest BCUT2D eigenvalue weighted by Gasteiger charge is -2.33. The summed E-state index contributed by atoms with van der Waals surface area (Å²) in [7, 11) is -0.537. The molecule has 1 fully saturated rings. The van der Waals surface area contributed by atoms with Gasteiger partial charge in [0, 0.05) is 18.0 Å². The highest BCUT2D eigenvalue weighted by Crippen LogP contribution is 2.38. The summed E-state index contributed by atoms with van der Waals surface area (Å²) in [6, 6.07) is 10.1. The van der Waals surface area contributed by atoms with Gasteiger partial charge in [0.25, 0.3) is 0 Å². The first-order chi connectivity index (χ1) is 10.6. The molecule has 2 rings (SSSR count). The minimum absolute atomic E-state index is 0.441. The molecule has 0 saturated heterocycles. The summed E-state index contributed by atoms with van der Waals surface area (Å²) in [6.07, 6.45) is 3.99. The highest BCUT2D eigenvalue weighted by molar-refractivity contribution is 8.15. The molecule has 0 radical (unpaired) electrons. The van der Waals surface area contributed by atoms with Crippen molar-refractivity contribution >= 4 is 21.6 Å². The Labute approximate surface area is 135 Å². The van der Waals surface area contributed by atoms with E-state index in [9.17, 15) is 9.18 Å². The maximum Gasteiger partial charge on any atom is 0.176 e. The summed E-state index contributed by atoms with van der Waals surface area (Å²) in [5.74, 6) is 1.26. The van der Waals surface area contributed by atoms with Crippen LogP contribution in [0, 0.1) is 5.92 Å². The van der Waals surface area contributed by atoms with E-state index in [2.05, 4.69) is 16.5 Å². The van der Waals surface area contributed by atoms with Crippen molar-refractivity contribution in [1.29, 1.82) is 0 Å². The first-order valence-electron chi connectivity index (χ1n) is 8.16. The van der Waals surface area contributed by atoms with Crippen LogP contribution in [0.2, 0.25) is 0 Å². The van der Waals surface area contributed by atoms with Crippen LogP contribution in [-0.2, 0) is 4.79 Å². The van der Waals surface area contributed by atoms with Crippen LogP contribution < -0.4 is 4.31 Å². The average molecular weight is 323 g/mol. The highest BCUT2D eigenvalue weighted by atomic mass is 32.2. The molecule has 1 atom stereocenters. The number of halogens is 1. The fourth-order valence-corrected chi connectivity index (χ4v) is 4.90. The number of hydrogen-bond donors (Lipinski definition) is 0. The normalized spacial score (nSPS) is 26.2. The lowest BCUT2D eigenvalue weighted by Crippen LogP contribution is -2.29. The number of rotatable bonds is 6. The molecule has 1 aliphatic rings. The second-order valence-corrected chi connectivity index (χ2v) is 8.08. The molecule has 0 spiro atoms. The van der Waals surface area contributed by atoms with Gasteiger partial charge in [-0.05, 0) is 67.7 Å². The molecule has 0 N–H and O–H groups in total. The number of carbonyl (C=O) groups excluding carboxylic acids is 1. The third kappa shape index (κ3) is 4.69. The monoisotopic (exact) mass is 323 g/mol. The van der Waals surface area contributed by atoms with Gasteiger partial charge in [0.15, 0.2) is 5.23 Å². The molecule has 0 aromatic heterocycles. The molecule has 0 heterocycles. The zero-order chi connectivity index (χ0) is 16.0. The molecule has 122 valence electrons. The number of nitrogens with zero attached hydrogens (tertiary/aromatic N) is 1. The van der Waals surface area contributed by atoms with Gasteiger partial charge in [0.1, 0.15) is 5.67 Å². The Bertz CT molecular complexity index is 515. The third-order valence-electron chi connectivity index (χ3n) is 4.37. The average Bonchev–Trinajstić information content (AvgIpc) is 2.53. The molecule has 1 saturated carbocycles. The summed E-state index contributed by atoms with van der Waals surface area (Å²) in [5.41, 5.74) is 0.0740. The van der Waals surface area contributed by atoms with Crippen molar-refractivity contribution in [2.24, 2.45) is 5.92 Å². The number of anilines is 1. The molecule has 0 bridgehead atoms. The van der Waals surface area contributed by atoms with Crippen molar-refractivity contribution in [3.63, 3.8) is 0 Å². The Morgan fingerprint density at radius 1 is 1.32 bits per heavy atom. The van der Waals surface area contributed by atoms with Gasteiger partial charge >= 0.3 is 0 Å². The van der Waals surface area contributed by atoms with E-state index in [1.165, 1.54) is 0 Å². The van der Waals surface area contributed by atoms with Gasteiger partial charge in [0.2, 0.25) is 0 Å². The first-order valence-corrected chi connectivity index (χ1v) is 9.51. The van der Waals surface area contributed by atoms with E-state index in [4.69, 9.17) is 0 Å². The summed E-state index contributed by atoms with van der Waals surface area (Å²) in [4.78, 5) is 11.6. The summed E-state index contributed by atoms with van der Waals surface area (Å²) in [6.45, 7) is 4.68. The Morgan fingerprint density at radius 3 is 2.50 bits per heavy atom. The van der Waals surface area contributed by atoms with E-state index in [1.54, 1.807) is 6.92 Å². The molecule has 1 unspecified atom stereocenters. The summed E-state index contributed by atoms with van der Waals surface area (Å²) < 4.78 is 16.1. The molecule has 1 aromatic carbocycles. The van der Waals surface area contributed by atoms with Crippen LogP contribution in [0.4, 0.5) is 10.1 Å². The fourth-order valence-electron chi connectivity index (χ4n) is 3.00. The fraction of sp³-hybridized carbons (Fsp3) is 0.611. The highest BCUT2D eigenvalue weighted by Gasteiger charge is 2.31. The number of alkyl halides is 1. The van der Waals surface area contributed by atoms with Crippen molar-refractivity contribution in [3.05, 3.63) is 30.3 Å². The first kappa shape index (κ1) is 17.2. The smallest absolute Gasteiger partial charge is 0.176 e. The van der Waals surface area contributed by atoms with Gasteiger partial charge in [-0.1, -0.05) is 25.1 Å². The Morgan fingerprint density at radius 2 is 1.95 bits per heavy atom. The van der Waals surface area contributed by atoms with Gasteiger partial charge in [-0.3, -0.25) is 0 Å². The molecule has 22 heavy (non-hydrogen) atoms. The van der Waals surface area contributed by atoms with Crippen molar-refractivity contribution in [3.8, 4) is 0 Å². The van der Waals surface area contributed by atoms with E-state index in [1.807, 2.05) is 30.3 Å². The van der Waals surface area contributed by atoms with Gasteiger partial charge in [-0.15, -0.1) is 0 Å². The molecule has 1 aromatic rings. The van der Waals surface area contributed by atoms with Gasteiger partial charge < -0.3 is 4.31 Å². The standard InChI is InChI=1S/C18H26FNOS/c1-3-13-20(17-7-5-4-6-8-17)22(15-21)14-16-9-11-18(2,19)12-10-16/h4-8,16H,3,9-14H2,1-2H3. The van der Waals surface area contributed by atoms with Crippen molar-refractivity contribution in [2.45, 2.75) is 51.6 Å². The van der Waals surface area contributed by atoms with E-state index in [0.717, 1.165) is 37.2 Å². The second-order valence-electron chi connectivity index (χ2n) is 6.41. The summed E-state index contributed by atoms with van der Waals surface area (Å²) >= 11 is 0. The summed E-state index contributed by atoms with van der Waals surface area (Å²) in [5, 5.41) is 2.26. The van der Waals surface area contributed by atoms with Crippen LogP contribution in [0.15, 0.2) is 30.3 Å². The molecule has 0 amide bonds. The molecule has 4 heteroatoms. The number of benzene rings is 1. The molecule has 0 aliphatic heterocycles. The van der Waals surface area contributed by atoms with E-state index < -0.39 is 16.3 Å². The Kier molecular flexibility index (Phi) is 6.22. The third-order valence-corrected chi connectivity index (χ3v) is 6.28. The molecular formula is C18H26FNOS. The predicted octanol–water partition coefficient (Wildman–Crippen LogP) is 5.07. The zero-order valence-electron chi connectivity index (χ0n) is 13.6. The SMILES string of the molecule is CCCN(c1ccccc1)S(=C=O)CC1CCC(C)(F)CC1. The quantitative estimate of drug-likeness (QED) is 0.681. The minimum Gasteiger partial charge on any atom is -0.313 e. The maximum atomic E-state index is 13.9. The zero-order valence-corrected chi connectivity index (χ0v) is 14.4. The van der Waals surface area contributed by atoms with Crippen molar-refractivity contribution < 1.29 is 9.18 Å². The maximum absolute atomic E-state index is 13.9. The van der Waals surface area contributed by atoms with Crippen LogP contribution in [0.5, 0.6) is 0 Å². The number of hydrogen-bond acceptors (Lipinski definition) is 2. The Balaban J connectivity index is 2.07. The van der Waals surface area contributed by atoms with Crippen LogP contribution in [-0.4, -0.2) is 23.2 Å². The van der Waals surface area contributed by atoms with Crippen LogP contribution in [0.1, 0.15) is 46.0 Å². The van der Waals surface area contributed by atoms with Crippen molar-refractivity contribution in [2.75, 3.05) is 16.6 Å². The van der Waals surface area contributed by atoms with Crippen molar-refractivity contribution in [1.82, 2.24) is 0 Å². The molecule has 1 aliphatic carbocycles. The largest absolute Gasteiger partial charge is 0.313 e. The lowest BCUT2D eigenvalue weighted by atomic mass is 9.82. The predicted molar refractivity (Wildman–Crippen MR) is 93.7 cm³/mol. The second kappa shape index (κ2) is 7.94. The molecular weight excluding hydrogens is 297 g/mol. The van der Waals surface area contributed by atoms with Gasteiger partial charge in [-0.25, -0.2) is 9.18 Å². The van der Waals surface area contributed by atoms with E-state index >= 15 is 0 Å². The lowest BCUT2D eigenvalue weighted by molar-refractivity contribution is 0.109. The molecule has 2 nitrogen and oxygen atoms in total. The Hall–Kier alpha value is -1.12. The minimum atomic E-state index is -1.01. The topological polar surface area (TPSA) is 20.3 Å². The van der Waals surface area contributed by atoms with Crippen LogP contribution in [0.25, 0.3) is 0 Å². The van der Waals surface area contributed by atoms with Crippen LogP contribution in [0.3, 0.4) is 0 Å². The van der Waals surface area contributed by atoms with E-state index in [-0.39, 0.29) is 0 Å². The van der Waals surface area contributed by atoms with Gasteiger partial charge in [0.05, 0.1) is 0 Å². The number of para-hydroxylation sites is 1. The van der Waals surface area contributed by atoms with Crippen LogP contribution >= 0.6 is 10.7 Å². The van der Waals surface area contributed by atoms with Gasteiger partial charge in [-0.2, -0.15) is 0 Å².